The smallest absolute Gasteiger partial charge is 0.113 e. The molecule has 4 rings (SSSR count). The van der Waals surface area contributed by atoms with Crippen molar-refractivity contribution in [2.75, 3.05) is 0 Å². The summed E-state index contributed by atoms with van der Waals surface area (Å²) >= 11 is 0. The van der Waals surface area contributed by atoms with Gasteiger partial charge in [-0.05, 0) is 36.1 Å². The molecule has 1 aromatic heterocycles. The van der Waals surface area contributed by atoms with Gasteiger partial charge in [-0.3, -0.25) is 0 Å². The van der Waals surface area contributed by atoms with Crippen LogP contribution in [0.1, 0.15) is 23.6 Å². The van der Waals surface area contributed by atoms with Gasteiger partial charge < -0.3 is 0 Å². The Morgan fingerprint density at radius 3 is 2.83 bits per heavy atom. The first-order valence-corrected chi connectivity index (χ1v) is 6.31. The summed E-state index contributed by atoms with van der Waals surface area (Å²) in [5.74, 6) is 0. The number of benzene rings is 2. The number of rotatable bonds is 1. The summed E-state index contributed by atoms with van der Waals surface area (Å²) < 4.78 is 2.07. The molecule has 1 aliphatic carbocycles. The summed E-state index contributed by atoms with van der Waals surface area (Å²) in [4.78, 5) is 0. The molecule has 1 atom stereocenters. The molecule has 0 amide bonds. The van der Waals surface area contributed by atoms with Crippen molar-refractivity contribution in [2.45, 2.75) is 18.9 Å². The third kappa shape index (κ3) is 1.30. The van der Waals surface area contributed by atoms with Crippen LogP contribution in [0.2, 0.25) is 0 Å². The van der Waals surface area contributed by atoms with Crippen molar-refractivity contribution in [3.05, 3.63) is 59.7 Å². The topological polar surface area (TPSA) is 30.7 Å². The molecule has 0 saturated carbocycles. The minimum Gasteiger partial charge on any atom is -0.237 e. The van der Waals surface area contributed by atoms with Crippen LogP contribution in [0, 0.1) is 0 Å². The van der Waals surface area contributed by atoms with E-state index in [1.54, 1.807) is 0 Å². The lowest BCUT2D eigenvalue weighted by Gasteiger charge is -2.12. The molecule has 0 bridgehead atoms. The van der Waals surface area contributed by atoms with Crippen molar-refractivity contribution in [1.29, 1.82) is 0 Å². The van der Waals surface area contributed by atoms with Crippen LogP contribution in [0.25, 0.3) is 11.0 Å². The molecule has 3 nitrogen and oxygen atoms in total. The van der Waals surface area contributed by atoms with Crippen molar-refractivity contribution < 1.29 is 0 Å². The molecular formula is C15H13N3. The van der Waals surface area contributed by atoms with Crippen LogP contribution in [-0.4, -0.2) is 15.0 Å². The number of nitrogens with zero attached hydrogens (tertiary/aromatic N) is 3. The lowest BCUT2D eigenvalue weighted by molar-refractivity contribution is 0.518. The van der Waals surface area contributed by atoms with Crippen molar-refractivity contribution in [1.82, 2.24) is 15.0 Å². The first-order valence-electron chi connectivity index (χ1n) is 6.31. The normalized spacial score (nSPS) is 18.1. The fraction of sp³-hybridized carbons (Fsp3) is 0.200. The molecule has 88 valence electrons. The molecule has 1 aliphatic rings. The quantitative estimate of drug-likeness (QED) is 0.649. The van der Waals surface area contributed by atoms with E-state index in [0.717, 1.165) is 23.9 Å². The van der Waals surface area contributed by atoms with Gasteiger partial charge in [0, 0.05) is 0 Å². The van der Waals surface area contributed by atoms with Crippen molar-refractivity contribution in [2.24, 2.45) is 0 Å². The molecule has 0 radical (unpaired) electrons. The van der Waals surface area contributed by atoms with Gasteiger partial charge in [0.25, 0.3) is 0 Å². The Labute approximate surface area is 105 Å². The molecule has 0 saturated heterocycles. The summed E-state index contributed by atoms with van der Waals surface area (Å²) in [6.07, 6.45) is 2.25. The average Bonchev–Trinajstić information content (AvgIpc) is 3.01. The van der Waals surface area contributed by atoms with Gasteiger partial charge in [0.2, 0.25) is 0 Å². The highest BCUT2D eigenvalue weighted by Gasteiger charge is 2.25. The number of aromatic nitrogens is 3. The number of hydrogen-bond donors (Lipinski definition) is 0. The largest absolute Gasteiger partial charge is 0.237 e. The summed E-state index contributed by atoms with van der Waals surface area (Å²) in [7, 11) is 0. The zero-order valence-electron chi connectivity index (χ0n) is 9.95. The third-order valence-corrected chi connectivity index (χ3v) is 3.77. The Kier molecular flexibility index (Phi) is 2.00. The first kappa shape index (κ1) is 9.83. The maximum absolute atomic E-state index is 4.34. The number of para-hydroxylation sites is 1. The second-order valence-electron chi connectivity index (χ2n) is 4.78. The number of fused-ring (bicyclic) bond motifs is 2. The highest BCUT2D eigenvalue weighted by molar-refractivity contribution is 5.74. The van der Waals surface area contributed by atoms with Crippen LogP contribution >= 0.6 is 0 Å². The predicted molar refractivity (Wildman–Crippen MR) is 70.4 cm³/mol. The second-order valence-corrected chi connectivity index (χ2v) is 4.78. The zero-order chi connectivity index (χ0) is 11.9. The Morgan fingerprint density at radius 2 is 1.83 bits per heavy atom. The van der Waals surface area contributed by atoms with E-state index < -0.39 is 0 Å². The van der Waals surface area contributed by atoms with Gasteiger partial charge in [-0.2, -0.15) is 0 Å². The highest BCUT2D eigenvalue weighted by atomic mass is 15.4. The van der Waals surface area contributed by atoms with Gasteiger partial charge in [-0.25, -0.2) is 4.68 Å². The predicted octanol–water partition coefficient (Wildman–Crippen LogP) is 2.97. The van der Waals surface area contributed by atoms with Gasteiger partial charge in [0.1, 0.15) is 5.52 Å². The van der Waals surface area contributed by atoms with Crippen molar-refractivity contribution in [3.63, 3.8) is 0 Å². The van der Waals surface area contributed by atoms with Gasteiger partial charge in [0.15, 0.2) is 0 Å². The van der Waals surface area contributed by atoms with E-state index >= 15 is 0 Å². The monoisotopic (exact) mass is 235 g/mol. The lowest BCUT2D eigenvalue weighted by atomic mass is 10.1. The lowest BCUT2D eigenvalue weighted by Crippen LogP contribution is -2.08. The van der Waals surface area contributed by atoms with Gasteiger partial charge in [-0.1, -0.05) is 41.6 Å². The van der Waals surface area contributed by atoms with E-state index in [0.29, 0.717) is 6.04 Å². The number of aryl methyl sites for hydroxylation is 1. The molecule has 3 heteroatoms. The molecule has 3 aromatic rings. The molecule has 0 N–H and O–H groups in total. The van der Waals surface area contributed by atoms with E-state index in [9.17, 15) is 0 Å². The van der Waals surface area contributed by atoms with Crippen molar-refractivity contribution in [3.8, 4) is 0 Å². The molecule has 2 aromatic carbocycles. The maximum atomic E-state index is 4.34. The van der Waals surface area contributed by atoms with Gasteiger partial charge in [-0.15, -0.1) is 5.10 Å². The Hall–Kier alpha value is -2.16. The molecule has 1 heterocycles. The van der Waals surface area contributed by atoms with E-state index in [4.69, 9.17) is 0 Å². The van der Waals surface area contributed by atoms with E-state index in [1.165, 1.54) is 11.1 Å². The zero-order valence-corrected chi connectivity index (χ0v) is 9.95. The minimum absolute atomic E-state index is 0.341. The van der Waals surface area contributed by atoms with Crippen LogP contribution in [0.4, 0.5) is 0 Å². The molecule has 1 unspecified atom stereocenters. The Morgan fingerprint density at radius 1 is 1.00 bits per heavy atom. The summed E-state index contributed by atoms with van der Waals surface area (Å²) in [6.45, 7) is 0. The van der Waals surface area contributed by atoms with E-state index in [2.05, 4.69) is 45.3 Å². The third-order valence-electron chi connectivity index (χ3n) is 3.77. The second kappa shape index (κ2) is 3.67. The fourth-order valence-electron chi connectivity index (χ4n) is 2.91. The molecule has 0 aliphatic heterocycles. The summed E-state index contributed by atoms with van der Waals surface area (Å²) in [5.41, 5.74) is 4.94. The molecule has 18 heavy (non-hydrogen) atoms. The highest BCUT2D eigenvalue weighted by Crippen LogP contribution is 2.34. The Bertz CT molecular complexity index is 714. The maximum Gasteiger partial charge on any atom is 0.113 e. The number of hydrogen-bond acceptors (Lipinski definition) is 2. The SMILES string of the molecule is c1ccc2c(c1)CCC2n1nnc2ccccc21. The van der Waals surface area contributed by atoms with Crippen LogP contribution < -0.4 is 0 Å². The molecule has 0 fully saturated rings. The summed E-state index contributed by atoms with van der Waals surface area (Å²) in [5, 5.41) is 8.59. The van der Waals surface area contributed by atoms with Crippen LogP contribution in [0.5, 0.6) is 0 Å². The van der Waals surface area contributed by atoms with Crippen molar-refractivity contribution >= 4 is 11.0 Å². The average molecular weight is 235 g/mol. The van der Waals surface area contributed by atoms with Gasteiger partial charge >= 0.3 is 0 Å². The summed E-state index contributed by atoms with van der Waals surface area (Å²) in [6, 6.07) is 17.1. The van der Waals surface area contributed by atoms with E-state index in [-0.39, 0.29) is 0 Å². The van der Waals surface area contributed by atoms with Crippen LogP contribution in [0.15, 0.2) is 48.5 Å². The van der Waals surface area contributed by atoms with Crippen LogP contribution in [0.3, 0.4) is 0 Å². The van der Waals surface area contributed by atoms with Crippen LogP contribution in [-0.2, 0) is 6.42 Å². The molecule has 0 spiro atoms. The first-order chi connectivity index (χ1) is 8.93. The molecular weight excluding hydrogens is 222 g/mol. The van der Waals surface area contributed by atoms with Gasteiger partial charge in [0.05, 0.1) is 11.6 Å². The Balaban J connectivity index is 1.90. The van der Waals surface area contributed by atoms with E-state index in [1.807, 2.05) is 18.2 Å². The fourth-order valence-corrected chi connectivity index (χ4v) is 2.91. The minimum atomic E-state index is 0.341. The standard InChI is InChI=1S/C15H13N3/c1-2-6-12-11(5-1)9-10-14(12)18-15-8-4-3-7-13(15)16-17-18/h1-8,14H,9-10H2.